The van der Waals surface area contributed by atoms with Gasteiger partial charge in [-0.3, -0.25) is 0 Å². The van der Waals surface area contributed by atoms with Crippen LogP contribution in [-0.2, 0) is 5.41 Å². The lowest BCUT2D eigenvalue weighted by Crippen LogP contribution is -2.21. The number of hydrogen-bond acceptors (Lipinski definition) is 3. The van der Waals surface area contributed by atoms with E-state index in [2.05, 4.69) is 55.5 Å². The second-order valence-electron chi connectivity index (χ2n) is 4.69. The van der Waals surface area contributed by atoms with E-state index >= 15 is 0 Å². The Morgan fingerprint density at radius 2 is 1.83 bits per heavy atom. The van der Waals surface area contributed by atoms with Crippen LogP contribution in [0.1, 0.15) is 18.4 Å². The van der Waals surface area contributed by atoms with Gasteiger partial charge in [0.2, 0.25) is 5.95 Å². The maximum Gasteiger partial charge on any atom is 0.222 e. The van der Waals surface area contributed by atoms with Gasteiger partial charge in [-0.15, -0.1) is 0 Å². The summed E-state index contributed by atoms with van der Waals surface area (Å²) in [5.41, 5.74) is 1.63. The number of nitrogens with zero attached hydrogens (tertiary/aromatic N) is 2. The zero-order valence-corrected chi connectivity index (χ0v) is 11.5. The van der Waals surface area contributed by atoms with Crippen molar-refractivity contribution in [2.75, 3.05) is 11.9 Å². The minimum absolute atomic E-state index is 0.249. The van der Waals surface area contributed by atoms with Crippen LogP contribution in [0, 0.1) is 0 Å². The monoisotopic (exact) mass is 303 g/mol. The van der Waals surface area contributed by atoms with Crippen molar-refractivity contribution in [2.45, 2.75) is 18.3 Å². The summed E-state index contributed by atoms with van der Waals surface area (Å²) in [5.74, 6) is 0.704. The Kier molecular flexibility index (Phi) is 3.04. The average Bonchev–Trinajstić information content (AvgIpc) is 3.19. The normalized spacial score (nSPS) is 16.3. The van der Waals surface area contributed by atoms with Crippen LogP contribution in [0.5, 0.6) is 0 Å². The molecule has 1 aromatic carbocycles. The molecule has 1 aromatic heterocycles. The summed E-state index contributed by atoms with van der Waals surface area (Å²) in [4.78, 5) is 8.38. The van der Waals surface area contributed by atoms with Crippen LogP contribution in [0.3, 0.4) is 0 Å². The van der Waals surface area contributed by atoms with Crippen LogP contribution < -0.4 is 5.32 Å². The Bertz CT molecular complexity index is 538. The first-order valence-corrected chi connectivity index (χ1v) is 6.85. The highest BCUT2D eigenvalue weighted by molar-refractivity contribution is 9.10. The van der Waals surface area contributed by atoms with Crippen molar-refractivity contribution in [3.63, 3.8) is 0 Å². The largest absolute Gasteiger partial charge is 0.353 e. The van der Waals surface area contributed by atoms with Crippen LogP contribution in [0.2, 0.25) is 0 Å². The molecule has 1 aliphatic carbocycles. The van der Waals surface area contributed by atoms with Gasteiger partial charge in [0.1, 0.15) is 0 Å². The van der Waals surface area contributed by atoms with E-state index in [1.54, 1.807) is 12.4 Å². The predicted molar refractivity (Wildman–Crippen MR) is 75.6 cm³/mol. The van der Waals surface area contributed by atoms with Gasteiger partial charge >= 0.3 is 0 Å². The molecule has 0 atom stereocenters. The molecular formula is C14H14BrN3. The average molecular weight is 304 g/mol. The van der Waals surface area contributed by atoms with E-state index in [9.17, 15) is 0 Å². The molecule has 0 spiro atoms. The third-order valence-corrected chi connectivity index (χ3v) is 4.14. The fourth-order valence-corrected chi connectivity index (χ4v) is 2.93. The van der Waals surface area contributed by atoms with Gasteiger partial charge in [-0.2, -0.15) is 0 Å². The first-order chi connectivity index (χ1) is 8.80. The molecule has 3 nitrogen and oxygen atoms in total. The van der Waals surface area contributed by atoms with E-state index in [4.69, 9.17) is 0 Å². The molecular weight excluding hydrogens is 290 g/mol. The molecule has 1 heterocycles. The third-order valence-electron chi connectivity index (χ3n) is 3.45. The smallest absolute Gasteiger partial charge is 0.222 e. The van der Waals surface area contributed by atoms with Crippen molar-refractivity contribution in [3.05, 3.63) is 52.8 Å². The molecule has 1 saturated carbocycles. The molecule has 92 valence electrons. The lowest BCUT2D eigenvalue weighted by molar-refractivity contribution is 0.723. The highest BCUT2D eigenvalue weighted by Crippen LogP contribution is 2.50. The van der Waals surface area contributed by atoms with E-state index in [1.807, 2.05) is 6.07 Å². The molecule has 2 aromatic rings. The van der Waals surface area contributed by atoms with Crippen LogP contribution in [0.4, 0.5) is 5.95 Å². The van der Waals surface area contributed by atoms with Gasteiger partial charge in [0.15, 0.2) is 0 Å². The summed E-state index contributed by atoms with van der Waals surface area (Å²) in [5, 5.41) is 3.33. The second kappa shape index (κ2) is 4.69. The van der Waals surface area contributed by atoms with Crippen LogP contribution >= 0.6 is 15.9 Å². The molecule has 4 heteroatoms. The molecule has 3 rings (SSSR count). The second-order valence-corrected chi connectivity index (χ2v) is 5.54. The Hall–Kier alpha value is -1.42. The molecule has 0 saturated heterocycles. The summed E-state index contributed by atoms with van der Waals surface area (Å²) in [6, 6.07) is 10.3. The van der Waals surface area contributed by atoms with E-state index in [1.165, 1.54) is 22.9 Å². The fraction of sp³-hybridized carbons (Fsp3) is 0.286. The number of rotatable bonds is 4. The van der Waals surface area contributed by atoms with Crippen molar-refractivity contribution in [1.82, 2.24) is 9.97 Å². The van der Waals surface area contributed by atoms with Crippen LogP contribution in [0.15, 0.2) is 47.2 Å². The number of hydrogen-bond donors (Lipinski definition) is 1. The minimum Gasteiger partial charge on any atom is -0.353 e. The summed E-state index contributed by atoms with van der Waals surface area (Å²) >= 11 is 3.64. The number of nitrogens with one attached hydrogen (secondary N) is 1. The molecule has 0 bridgehead atoms. The van der Waals surface area contributed by atoms with Crippen molar-refractivity contribution in [2.24, 2.45) is 0 Å². The van der Waals surface area contributed by atoms with Crippen molar-refractivity contribution in [3.8, 4) is 0 Å². The number of benzene rings is 1. The Morgan fingerprint density at radius 1 is 1.11 bits per heavy atom. The Morgan fingerprint density at radius 3 is 2.50 bits per heavy atom. The molecule has 18 heavy (non-hydrogen) atoms. The first kappa shape index (κ1) is 11.7. The van der Waals surface area contributed by atoms with Gasteiger partial charge in [0.25, 0.3) is 0 Å². The van der Waals surface area contributed by atoms with Gasteiger partial charge in [-0.1, -0.05) is 34.1 Å². The van der Waals surface area contributed by atoms with Gasteiger partial charge in [-0.05, 0) is 30.5 Å². The maximum absolute atomic E-state index is 4.19. The van der Waals surface area contributed by atoms with E-state index < -0.39 is 0 Å². The zero-order valence-electron chi connectivity index (χ0n) is 9.94. The molecule has 1 aliphatic rings. The highest BCUT2D eigenvalue weighted by Gasteiger charge is 2.45. The van der Waals surface area contributed by atoms with Gasteiger partial charge in [0.05, 0.1) is 0 Å². The molecule has 1 N–H and O–H groups in total. The Balaban J connectivity index is 1.75. The molecule has 0 unspecified atom stereocenters. The van der Waals surface area contributed by atoms with Crippen LogP contribution in [-0.4, -0.2) is 16.5 Å². The van der Waals surface area contributed by atoms with Crippen molar-refractivity contribution >= 4 is 21.9 Å². The summed E-state index contributed by atoms with van der Waals surface area (Å²) in [6.07, 6.45) is 5.95. The van der Waals surface area contributed by atoms with Gasteiger partial charge in [0, 0.05) is 28.8 Å². The van der Waals surface area contributed by atoms with E-state index in [0.717, 1.165) is 6.54 Å². The minimum atomic E-state index is 0.249. The number of anilines is 1. The first-order valence-electron chi connectivity index (χ1n) is 6.06. The third kappa shape index (κ3) is 2.25. The van der Waals surface area contributed by atoms with Gasteiger partial charge in [-0.25, -0.2) is 9.97 Å². The summed E-state index contributed by atoms with van der Waals surface area (Å²) in [6.45, 7) is 0.889. The van der Waals surface area contributed by atoms with Crippen molar-refractivity contribution < 1.29 is 0 Å². The summed E-state index contributed by atoms with van der Waals surface area (Å²) in [7, 11) is 0. The molecule has 0 aliphatic heterocycles. The zero-order chi connectivity index (χ0) is 12.4. The van der Waals surface area contributed by atoms with E-state index in [0.29, 0.717) is 5.95 Å². The quantitative estimate of drug-likeness (QED) is 0.941. The number of halogens is 1. The molecule has 0 amide bonds. The molecule has 0 radical (unpaired) electrons. The van der Waals surface area contributed by atoms with Gasteiger partial charge < -0.3 is 5.32 Å². The molecule has 1 fully saturated rings. The summed E-state index contributed by atoms with van der Waals surface area (Å²) < 4.78 is 1.19. The topological polar surface area (TPSA) is 37.8 Å². The highest BCUT2D eigenvalue weighted by atomic mass is 79.9. The number of aromatic nitrogens is 2. The lowest BCUT2D eigenvalue weighted by atomic mass is 9.96. The predicted octanol–water partition coefficient (Wildman–Crippen LogP) is 3.38. The van der Waals surface area contributed by atoms with E-state index in [-0.39, 0.29) is 5.41 Å². The fourth-order valence-electron chi connectivity index (χ4n) is 2.22. The van der Waals surface area contributed by atoms with Crippen LogP contribution in [0.25, 0.3) is 0 Å². The Labute approximate surface area is 115 Å². The SMILES string of the molecule is Brc1ccccc1C1(CNc2ncccn2)CC1. The lowest BCUT2D eigenvalue weighted by Gasteiger charge is -2.18. The maximum atomic E-state index is 4.19. The van der Waals surface area contributed by atoms with Crippen molar-refractivity contribution in [1.29, 1.82) is 0 Å². The standard InChI is InChI=1S/C14H14BrN3/c15-12-5-2-1-4-11(12)14(6-7-14)10-18-13-16-8-3-9-17-13/h1-5,8-9H,6-7,10H2,(H,16,17,18).